The highest BCUT2D eigenvalue weighted by molar-refractivity contribution is 5.83. The summed E-state index contributed by atoms with van der Waals surface area (Å²) in [6, 6.07) is 0.0983. The van der Waals surface area contributed by atoms with Gasteiger partial charge in [0.2, 0.25) is 0 Å². The molecule has 2 unspecified atom stereocenters. The van der Waals surface area contributed by atoms with Crippen LogP contribution in [0.1, 0.15) is 40.5 Å². The number of fused-ring (bicyclic) bond motifs is 3. The number of nitrogens with one attached hydrogen (secondary N) is 1. The maximum absolute atomic E-state index is 12.3. The van der Waals surface area contributed by atoms with Gasteiger partial charge in [0.25, 0.3) is 0 Å². The quantitative estimate of drug-likeness (QED) is 0.774. The van der Waals surface area contributed by atoms with E-state index >= 15 is 0 Å². The highest BCUT2D eigenvalue weighted by atomic mass is 16.6. The van der Waals surface area contributed by atoms with Crippen molar-refractivity contribution < 1.29 is 19.1 Å². The summed E-state index contributed by atoms with van der Waals surface area (Å²) in [6.45, 7) is 8.58. The molecule has 2 atom stereocenters. The third-order valence-corrected chi connectivity index (χ3v) is 3.76. The van der Waals surface area contributed by atoms with Gasteiger partial charge < -0.3 is 14.4 Å². The van der Waals surface area contributed by atoms with Crippen LogP contribution in [0.4, 0.5) is 4.79 Å². The molecule has 0 saturated carbocycles. The average molecular weight is 284 g/mol. The van der Waals surface area contributed by atoms with Crippen LogP contribution in [0.5, 0.6) is 0 Å². The zero-order valence-corrected chi connectivity index (χ0v) is 12.7. The van der Waals surface area contributed by atoms with E-state index in [1.54, 1.807) is 11.8 Å². The molecule has 114 valence electrons. The summed E-state index contributed by atoms with van der Waals surface area (Å²) in [5, 5.41) is 3.24. The van der Waals surface area contributed by atoms with Crippen LogP contribution < -0.4 is 5.32 Å². The zero-order valence-electron chi connectivity index (χ0n) is 12.7. The second-order valence-corrected chi connectivity index (χ2v) is 6.48. The van der Waals surface area contributed by atoms with Crippen LogP contribution in [-0.4, -0.2) is 53.8 Å². The summed E-state index contributed by atoms with van der Waals surface area (Å²) in [5.74, 6) is -0.272. The first-order chi connectivity index (χ1) is 9.27. The highest BCUT2D eigenvalue weighted by Crippen LogP contribution is 2.32. The van der Waals surface area contributed by atoms with E-state index in [2.05, 4.69) is 5.32 Å². The van der Waals surface area contributed by atoms with Crippen molar-refractivity contribution in [2.45, 2.75) is 57.7 Å². The molecule has 20 heavy (non-hydrogen) atoms. The number of piperazine rings is 1. The molecule has 3 aliphatic rings. The van der Waals surface area contributed by atoms with Gasteiger partial charge in [-0.25, -0.2) is 9.59 Å². The van der Waals surface area contributed by atoms with Gasteiger partial charge in [-0.05, 0) is 40.5 Å². The lowest BCUT2D eigenvalue weighted by Gasteiger charge is -2.51. The van der Waals surface area contributed by atoms with Crippen LogP contribution in [0.15, 0.2) is 0 Å². The van der Waals surface area contributed by atoms with E-state index < -0.39 is 11.1 Å². The summed E-state index contributed by atoms with van der Waals surface area (Å²) in [4.78, 5) is 26.1. The topological polar surface area (TPSA) is 67.9 Å². The SMILES string of the molecule is CCOC(=O)C12CCC(CN1)N(C(=O)OC(C)(C)C)C2. The second-order valence-electron chi connectivity index (χ2n) is 6.48. The van der Waals surface area contributed by atoms with E-state index in [0.717, 1.165) is 6.42 Å². The molecular weight excluding hydrogens is 260 g/mol. The summed E-state index contributed by atoms with van der Waals surface area (Å²) in [7, 11) is 0. The standard InChI is InChI=1S/C14H24N2O4/c1-5-19-11(17)14-7-6-10(8-15-14)16(9-14)12(18)20-13(2,3)4/h10,15H,5-9H2,1-4H3. The van der Waals surface area contributed by atoms with Gasteiger partial charge in [-0.2, -0.15) is 0 Å². The Morgan fingerprint density at radius 1 is 1.40 bits per heavy atom. The van der Waals surface area contributed by atoms with E-state index in [9.17, 15) is 9.59 Å². The Morgan fingerprint density at radius 3 is 2.60 bits per heavy atom. The Kier molecular flexibility index (Phi) is 3.95. The molecule has 3 fully saturated rings. The molecule has 0 aromatic carbocycles. The molecule has 3 saturated heterocycles. The zero-order chi connectivity index (χ0) is 15.0. The number of piperidine rings is 2. The predicted octanol–water partition coefficient (Wildman–Crippen LogP) is 1.29. The minimum atomic E-state index is -0.762. The summed E-state index contributed by atoms with van der Waals surface area (Å²) >= 11 is 0. The van der Waals surface area contributed by atoms with Crippen molar-refractivity contribution in [3.8, 4) is 0 Å². The van der Waals surface area contributed by atoms with Crippen LogP contribution in [0.2, 0.25) is 0 Å². The number of amides is 1. The Bertz CT molecular complexity index is 394. The van der Waals surface area contributed by atoms with E-state index in [1.807, 2.05) is 20.8 Å². The molecule has 3 heterocycles. The molecule has 0 radical (unpaired) electrons. The van der Waals surface area contributed by atoms with Crippen molar-refractivity contribution >= 4 is 12.1 Å². The van der Waals surface area contributed by atoms with Crippen molar-refractivity contribution in [1.82, 2.24) is 10.2 Å². The van der Waals surface area contributed by atoms with Crippen LogP contribution in [0, 0.1) is 0 Å². The first kappa shape index (κ1) is 15.1. The molecule has 6 nitrogen and oxygen atoms in total. The normalized spacial score (nSPS) is 29.2. The molecule has 1 amide bonds. The number of ether oxygens (including phenoxy) is 2. The molecule has 0 spiro atoms. The van der Waals surface area contributed by atoms with Crippen LogP contribution >= 0.6 is 0 Å². The van der Waals surface area contributed by atoms with E-state index in [4.69, 9.17) is 9.47 Å². The van der Waals surface area contributed by atoms with Gasteiger partial charge in [-0.15, -0.1) is 0 Å². The predicted molar refractivity (Wildman–Crippen MR) is 73.3 cm³/mol. The van der Waals surface area contributed by atoms with Crippen molar-refractivity contribution in [2.24, 2.45) is 0 Å². The minimum Gasteiger partial charge on any atom is -0.465 e. The Hall–Kier alpha value is -1.30. The van der Waals surface area contributed by atoms with E-state index in [-0.39, 0.29) is 18.1 Å². The number of nitrogens with zero attached hydrogens (tertiary/aromatic N) is 1. The van der Waals surface area contributed by atoms with Gasteiger partial charge in [0.05, 0.1) is 13.2 Å². The molecule has 0 aliphatic carbocycles. The van der Waals surface area contributed by atoms with Gasteiger partial charge in [-0.3, -0.25) is 5.32 Å². The largest absolute Gasteiger partial charge is 0.465 e. The van der Waals surface area contributed by atoms with Crippen molar-refractivity contribution in [3.63, 3.8) is 0 Å². The second kappa shape index (κ2) is 5.24. The van der Waals surface area contributed by atoms with Crippen LogP contribution in [-0.2, 0) is 14.3 Å². The molecule has 0 aromatic heterocycles. The third-order valence-electron chi connectivity index (χ3n) is 3.76. The van der Waals surface area contributed by atoms with Gasteiger partial charge in [0, 0.05) is 12.6 Å². The fraction of sp³-hybridized carbons (Fsp3) is 0.857. The number of esters is 1. The lowest BCUT2D eigenvalue weighted by Crippen LogP contribution is -2.73. The molecule has 2 bridgehead atoms. The van der Waals surface area contributed by atoms with Crippen molar-refractivity contribution in [3.05, 3.63) is 0 Å². The number of hydrogen-bond acceptors (Lipinski definition) is 5. The molecule has 1 N–H and O–H groups in total. The van der Waals surface area contributed by atoms with Crippen LogP contribution in [0.3, 0.4) is 0 Å². The van der Waals surface area contributed by atoms with Gasteiger partial charge >= 0.3 is 12.1 Å². The number of carbonyl (C=O) groups is 2. The molecule has 3 rings (SSSR count). The lowest BCUT2D eigenvalue weighted by molar-refractivity contribution is -0.157. The average Bonchev–Trinajstić information content (AvgIpc) is 2.38. The molecule has 3 aliphatic heterocycles. The first-order valence-electron chi connectivity index (χ1n) is 7.19. The maximum Gasteiger partial charge on any atom is 0.410 e. The Morgan fingerprint density at radius 2 is 2.10 bits per heavy atom. The van der Waals surface area contributed by atoms with E-state index in [0.29, 0.717) is 26.1 Å². The molecule has 6 heteroatoms. The fourth-order valence-electron chi connectivity index (χ4n) is 2.78. The van der Waals surface area contributed by atoms with Crippen molar-refractivity contribution in [1.29, 1.82) is 0 Å². The summed E-state index contributed by atoms with van der Waals surface area (Å²) < 4.78 is 10.6. The lowest BCUT2D eigenvalue weighted by atomic mass is 9.81. The maximum atomic E-state index is 12.3. The number of rotatable bonds is 2. The number of carbonyl (C=O) groups excluding carboxylic acids is 2. The summed E-state index contributed by atoms with van der Waals surface area (Å²) in [6.07, 6.45) is 1.15. The van der Waals surface area contributed by atoms with Gasteiger partial charge in [0.1, 0.15) is 11.1 Å². The van der Waals surface area contributed by atoms with Gasteiger partial charge in [0.15, 0.2) is 0 Å². The minimum absolute atomic E-state index is 0.0983. The highest BCUT2D eigenvalue weighted by Gasteiger charge is 2.52. The number of hydrogen-bond donors (Lipinski definition) is 1. The Balaban J connectivity index is 2.10. The van der Waals surface area contributed by atoms with Crippen LogP contribution in [0.25, 0.3) is 0 Å². The first-order valence-corrected chi connectivity index (χ1v) is 7.19. The smallest absolute Gasteiger partial charge is 0.410 e. The monoisotopic (exact) mass is 284 g/mol. The molecular formula is C14H24N2O4. The third kappa shape index (κ3) is 2.90. The fourth-order valence-corrected chi connectivity index (χ4v) is 2.78. The van der Waals surface area contributed by atoms with Gasteiger partial charge in [-0.1, -0.05) is 0 Å². The molecule has 0 aromatic rings. The van der Waals surface area contributed by atoms with E-state index in [1.165, 1.54) is 0 Å². The Labute approximate surface area is 119 Å². The summed E-state index contributed by atoms with van der Waals surface area (Å²) in [5.41, 5.74) is -1.29. The van der Waals surface area contributed by atoms with Crippen molar-refractivity contribution in [2.75, 3.05) is 19.7 Å².